The third kappa shape index (κ3) is 4.08. The lowest BCUT2D eigenvalue weighted by Gasteiger charge is -2.14. The molecule has 0 saturated carbocycles. The first-order valence-electron chi connectivity index (χ1n) is 7.25. The van der Waals surface area contributed by atoms with Crippen LogP contribution in [0.1, 0.15) is 38.3 Å². The molecule has 1 aromatic carbocycles. The van der Waals surface area contributed by atoms with Crippen molar-refractivity contribution in [2.75, 3.05) is 0 Å². The number of benzene rings is 1. The molecule has 8 heteroatoms. The van der Waals surface area contributed by atoms with Crippen LogP contribution in [0.4, 0.5) is 0 Å². The van der Waals surface area contributed by atoms with Gasteiger partial charge in [0.2, 0.25) is 5.88 Å². The van der Waals surface area contributed by atoms with Crippen LogP contribution in [0.5, 0.6) is 11.6 Å². The maximum absolute atomic E-state index is 12.1. The van der Waals surface area contributed by atoms with Gasteiger partial charge in [-0.1, -0.05) is 22.1 Å². The van der Waals surface area contributed by atoms with Gasteiger partial charge in [0, 0.05) is 0 Å². The van der Waals surface area contributed by atoms with E-state index in [-0.39, 0.29) is 17.0 Å². The molecule has 0 unspecified atom stereocenters. The first-order chi connectivity index (χ1) is 11.7. The number of aromatic nitrogens is 1. The Morgan fingerprint density at radius 2 is 1.76 bits per heavy atom. The minimum Gasteiger partial charge on any atom is -0.438 e. The number of aryl methyl sites for hydroxylation is 4. The number of rotatable bonds is 3. The zero-order valence-corrected chi connectivity index (χ0v) is 14.9. The van der Waals surface area contributed by atoms with Crippen molar-refractivity contribution >= 4 is 16.4 Å². The predicted octanol–water partition coefficient (Wildman–Crippen LogP) is 3.18. The SMILES string of the molecule is Cc1cc(C)c(Oc2nc(C)c(C#N)cc2C(=O)N=S(=O)=O)c(C)c1. The minimum absolute atomic E-state index is 0.0919. The lowest BCUT2D eigenvalue weighted by molar-refractivity contribution is 0.100. The van der Waals surface area contributed by atoms with Gasteiger partial charge in [0.15, 0.2) is 0 Å². The summed E-state index contributed by atoms with van der Waals surface area (Å²) in [6.07, 6.45) is 0. The first-order valence-corrected chi connectivity index (χ1v) is 8.29. The zero-order chi connectivity index (χ0) is 18.7. The highest BCUT2D eigenvalue weighted by Crippen LogP contribution is 2.31. The highest BCUT2D eigenvalue weighted by molar-refractivity contribution is 7.62. The molecule has 0 aliphatic carbocycles. The van der Waals surface area contributed by atoms with Gasteiger partial charge in [-0.05, 0) is 44.9 Å². The van der Waals surface area contributed by atoms with Gasteiger partial charge < -0.3 is 4.74 Å². The van der Waals surface area contributed by atoms with Crippen molar-refractivity contribution in [2.24, 2.45) is 4.36 Å². The summed E-state index contributed by atoms with van der Waals surface area (Å²) in [6, 6.07) is 6.96. The third-order valence-corrected chi connectivity index (χ3v) is 3.80. The molecule has 1 heterocycles. The Balaban J connectivity index is 2.65. The molecular weight excluding hydrogens is 342 g/mol. The fourth-order valence-electron chi connectivity index (χ4n) is 2.47. The smallest absolute Gasteiger partial charge is 0.319 e. The van der Waals surface area contributed by atoms with E-state index in [0.29, 0.717) is 11.4 Å². The topological polar surface area (TPSA) is 109 Å². The average Bonchev–Trinajstić information content (AvgIpc) is 2.50. The minimum atomic E-state index is -2.92. The summed E-state index contributed by atoms with van der Waals surface area (Å²) in [4.78, 5) is 16.2. The van der Waals surface area contributed by atoms with Crippen molar-refractivity contribution < 1.29 is 17.9 Å². The molecule has 25 heavy (non-hydrogen) atoms. The number of carbonyl (C=O) groups is 1. The molecule has 0 bridgehead atoms. The number of hydrogen-bond acceptors (Lipinski definition) is 6. The number of nitrogens with zero attached hydrogens (tertiary/aromatic N) is 3. The van der Waals surface area contributed by atoms with E-state index in [9.17, 15) is 13.2 Å². The van der Waals surface area contributed by atoms with Crippen LogP contribution >= 0.6 is 0 Å². The average molecular weight is 357 g/mol. The Labute approximate surface area is 146 Å². The fraction of sp³-hybridized carbons (Fsp3) is 0.235. The molecule has 7 nitrogen and oxygen atoms in total. The number of nitriles is 1. The summed E-state index contributed by atoms with van der Waals surface area (Å²) in [6.45, 7) is 7.25. The van der Waals surface area contributed by atoms with Gasteiger partial charge in [0.25, 0.3) is 5.91 Å². The lowest BCUT2D eigenvalue weighted by Crippen LogP contribution is -2.05. The molecular formula is C17H15N3O4S. The predicted molar refractivity (Wildman–Crippen MR) is 90.1 cm³/mol. The van der Waals surface area contributed by atoms with Gasteiger partial charge in [-0.15, -0.1) is 0 Å². The van der Waals surface area contributed by atoms with Crippen molar-refractivity contribution in [1.82, 2.24) is 4.98 Å². The number of amides is 1. The molecule has 2 aromatic rings. The quantitative estimate of drug-likeness (QED) is 0.834. The second-order valence-electron chi connectivity index (χ2n) is 5.53. The second kappa shape index (κ2) is 7.23. The molecule has 0 N–H and O–H groups in total. The Bertz CT molecular complexity index is 1020. The van der Waals surface area contributed by atoms with Gasteiger partial charge >= 0.3 is 10.5 Å². The van der Waals surface area contributed by atoms with Crippen LogP contribution in [-0.2, 0) is 10.5 Å². The summed E-state index contributed by atoms with van der Waals surface area (Å²) >= 11 is 0. The van der Waals surface area contributed by atoms with Crippen LogP contribution in [0.15, 0.2) is 22.6 Å². The molecule has 128 valence electrons. The van der Waals surface area contributed by atoms with Gasteiger partial charge in [-0.3, -0.25) is 4.79 Å². The zero-order valence-electron chi connectivity index (χ0n) is 14.1. The van der Waals surface area contributed by atoms with Crippen LogP contribution in [0.2, 0.25) is 0 Å². The highest BCUT2D eigenvalue weighted by Gasteiger charge is 2.19. The van der Waals surface area contributed by atoms with Crippen LogP contribution in [0.25, 0.3) is 0 Å². The Morgan fingerprint density at radius 3 is 2.28 bits per heavy atom. The van der Waals surface area contributed by atoms with E-state index in [1.165, 1.54) is 6.07 Å². The standard InChI is InChI=1S/C17H15N3O4S/c1-9-5-10(2)15(11(3)6-9)24-17-14(16(21)20-25(22)23)7-13(8-18)12(4)19-17/h5-7H,1-4H3. The van der Waals surface area contributed by atoms with E-state index in [1.807, 2.05) is 39.0 Å². The van der Waals surface area contributed by atoms with E-state index in [0.717, 1.165) is 16.7 Å². The number of carbonyl (C=O) groups excluding carboxylic acids is 1. The number of pyridine rings is 1. The van der Waals surface area contributed by atoms with E-state index in [2.05, 4.69) is 9.35 Å². The lowest BCUT2D eigenvalue weighted by atomic mass is 10.1. The largest absolute Gasteiger partial charge is 0.438 e. The van der Waals surface area contributed by atoms with Gasteiger partial charge in [-0.2, -0.15) is 13.7 Å². The van der Waals surface area contributed by atoms with Crippen LogP contribution in [-0.4, -0.2) is 19.3 Å². The van der Waals surface area contributed by atoms with Gasteiger partial charge in [0.1, 0.15) is 17.4 Å². The molecule has 0 saturated heterocycles. The fourth-order valence-corrected chi connectivity index (χ4v) is 2.70. The molecule has 1 aromatic heterocycles. The Hall–Kier alpha value is -3.05. The number of hydrogen-bond donors (Lipinski definition) is 0. The van der Waals surface area contributed by atoms with Gasteiger partial charge in [0.05, 0.1) is 11.3 Å². The summed E-state index contributed by atoms with van der Waals surface area (Å²) < 4.78 is 30.2. The van der Waals surface area contributed by atoms with E-state index in [4.69, 9.17) is 10.00 Å². The van der Waals surface area contributed by atoms with Crippen molar-refractivity contribution in [3.8, 4) is 17.7 Å². The van der Waals surface area contributed by atoms with Crippen LogP contribution in [0.3, 0.4) is 0 Å². The molecule has 0 atom stereocenters. The van der Waals surface area contributed by atoms with Crippen LogP contribution < -0.4 is 4.74 Å². The van der Waals surface area contributed by atoms with Crippen molar-refractivity contribution in [3.63, 3.8) is 0 Å². The normalized spacial score (nSPS) is 10.0. The summed E-state index contributed by atoms with van der Waals surface area (Å²) in [5, 5.41) is 9.11. The first kappa shape index (κ1) is 18.3. The van der Waals surface area contributed by atoms with E-state index >= 15 is 0 Å². The summed E-state index contributed by atoms with van der Waals surface area (Å²) in [7, 11) is -2.92. The van der Waals surface area contributed by atoms with E-state index < -0.39 is 16.4 Å². The molecule has 0 spiro atoms. The third-order valence-electron chi connectivity index (χ3n) is 3.49. The maximum atomic E-state index is 12.1. The monoisotopic (exact) mass is 357 g/mol. The Kier molecular flexibility index (Phi) is 5.29. The van der Waals surface area contributed by atoms with Crippen LogP contribution in [0, 0.1) is 39.0 Å². The Morgan fingerprint density at radius 1 is 1.16 bits per heavy atom. The summed E-state index contributed by atoms with van der Waals surface area (Å²) in [5.41, 5.74) is 3.04. The van der Waals surface area contributed by atoms with E-state index in [1.54, 1.807) is 6.92 Å². The molecule has 0 aliphatic heterocycles. The molecule has 1 amide bonds. The van der Waals surface area contributed by atoms with Gasteiger partial charge in [-0.25, -0.2) is 4.98 Å². The molecule has 0 fully saturated rings. The molecule has 0 aliphatic rings. The summed E-state index contributed by atoms with van der Waals surface area (Å²) in [5.74, 6) is -0.625. The van der Waals surface area contributed by atoms with Crippen molar-refractivity contribution in [1.29, 1.82) is 5.26 Å². The molecule has 0 radical (unpaired) electrons. The maximum Gasteiger partial charge on any atom is 0.319 e. The molecule has 2 rings (SSSR count). The second-order valence-corrected chi connectivity index (χ2v) is 6.15. The van der Waals surface area contributed by atoms with Crippen molar-refractivity contribution in [3.05, 3.63) is 51.7 Å². The van der Waals surface area contributed by atoms with Crippen molar-refractivity contribution in [2.45, 2.75) is 27.7 Å². The number of ether oxygens (including phenoxy) is 1. The highest BCUT2D eigenvalue weighted by atomic mass is 32.2.